The van der Waals surface area contributed by atoms with E-state index in [9.17, 15) is 9.59 Å². The fraction of sp³-hybridized carbons (Fsp3) is 0.0357. The van der Waals surface area contributed by atoms with E-state index >= 15 is 0 Å². The van der Waals surface area contributed by atoms with Gasteiger partial charge in [0.2, 0.25) is 0 Å². The van der Waals surface area contributed by atoms with E-state index in [1.807, 2.05) is 79.7 Å². The molecule has 0 aliphatic rings. The second-order valence-corrected chi connectivity index (χ2v) is 9.33. The van der Waals surface area contributed by atoms with E-state index in [0.717, 1.165) is 26.2 Å². The Balaban J connectivity index is 1.40. The van der Waals surface area contributed by atoms with Crippen LogP contribution in [-0.4, -0.2) is 11.0 Å². The molecule has 2 N–H and O–H groups in total. The van der Waals surface area contributed by atoms with Gasteiger partial charge in [0.05, 0.1) is 5.56 Å². The standard InChI is InChI=1S/C28H19BrN2O3S/c1-16-12-13-17(22-14-18-6-2-3-11-25(18)34-27(22)33)15-24(16)30-28(35)31-26(32)21-9-4-8-20-19(21)7-5-10-23(20)29/h2-15H,1H3,(H2,30,31,32,35). The number of carbonyl (C=O) groups is 1. The molecule has 5 nitrogen and oxygen atoms in total. The first-order valence-electron chi connectivity index (χ1n) is 10.8. The first kappa shape index (κ1) is 23.0. The molecule has 0 aliphatic heterocycles. The molecule has 1 amide bonds. The number of anilines is 1. The van der Waals surface area contributed by atoms with Gasteiger partial charge in [-0.2, -0.15) is 0 Å². The van der Waals surface area contributed by atoms with Crippen LogP contribution in [0.3, 0.4) is 0 Å². The number of amides is 1. The summed E-state index contributed by atoms with van der Waals surface area (Å²) in [4.78, 5) is 25.6. The zero-order valence-electron chi connectivity index (χ0n) is 18.6. The highest BCUT2D eigenvalue weighted by atomic mass is 79.9. The van der Waals surface area contributed by atoms with Gasteiger partial charge < -0.3 is 9.73 Å². The van der Waals surface area contributed by atoms with Crippen LogP contribution in [-0.2, 0) is 0 Å². The molecular weight excluding hydrogens is 524 g/mol. The summed E-state index contributed by atoms with van der Waals surface area (Å²) in [6.45, 7) is 1.92. The highest BCUT2D eigenvalue weighted by Crippen LogP contribution is 2.27. The molecular formula is C28H19BrN2O3S. The van der Waals surface area contributed by atoms with Gasteiger partial charge in [-0.05, 0) is 71.4 Å². The van der Waals surface area contributed by atoms with Gasteiger partial charge in [-0.1, -0.05) is 70.5 Å². The van der Waals surface area contributed by atoms with Crippen LogP contribution in [0.25, 0.3) is 32.9 Å². The third-order valence-corrected chi connectivity index (χ3v) is 6.67. The number of hydrogen-bond donors (Lipinski definition) is 2. The molecule has 4 aromatic carbocycles. The van der Waals surface area contributed by atoms with E-state index in [0.29, 0.717) is 28.0 Å². The average Bonchev–Trinajstić information content (AvgIpc) is 2.85. The van der Waals surface area contributed by atoms with E-state index in [-0.39, 0.29) is 11.0 Å². The predicted molar refractivity (Wildman–Crippen MR) is 148 cm³/mol. The van der Waals surface area contributed by atoms with E-state index < -0.39 is 5.63 Å². The monoisotopic (exact) mass is 542 g/mol. The third-order valence-electron chi connectivity index (χ3n) is 5.78. The van der Waals surface area contributed by atoms with Gasteiger partial charge in [0.15, 0.2) is 5.11 Å². The normalized spacial score (nSPS) is 10.9. The van der Waals surface area contributed by atoms with Gasteiger partial charge in [-0.25, -0.2) is 4.79 Å². The number of para-hydroxylation sites is 1. The van der Waals surface area contributed by atoms with Crippen molar-refractivity contribution >= 4 is 66.6 Å². The van der Waals surface area contributed by atoms with E-state index in [2.05, 4.69) is 26.6 Å². The minimum absolute atomic E-state index is 0.160. The van der Waals surface area contributed by atoms with Crippen molar-refractivity contribution < 1.29 is 9.21 Å². The van der Waals surface area contributed by atoms with E-state index in [4.69, 9.17) is 16.6 Å². The van der Waals surface area contributed by atoms with Crippen molar-refractivity contribution in [3.05, 3.63) is 111 Å². The van der Waals surface area contributed by atoms with Crippen molar-refractivity contribution in [1.29, 1.82) is 0 Å². The quantitative estimate of drug-likeness (QED) is 0.193. The summed E-state index contributed by atoms with van der Waals surface area (Å²) in [6, 6.07) is 26.0. The number of thiocarbonyl (C=S) groups is 1. The highest BCUT2D eigenvalue weighted by molar-refractivity contribution is 9.10. The predicted octanol–water partition coefficient (Wildman–Crippen LogP) is 6.81. The fourth-order valence-corrected chi connectivity index (χ4v) is 4.68. The van der Waals surface area contributed by atoms with Gasteiger partial charge in [0.25, 0.3) is 5.91 Å². The second kappa shape index (κ2) is 9.44. The Morgan fingerprint density at radius 1 is 0.914 bits per heavy atom. The Hall–Kier alpha value is -3.81. The van der Waals surface area contributed by atoms with Crippen LogP contribution >= 0.6 is 28.1 Å². The summed E-state index contributed by atoms with van der Waals surface area (Å²) < 4.78 is 6.39. The van der Waals surface area contributed by atoms with Crippen molar-refractivity contribution in [2.24, 2.45) is 0 Å². The second-order valence-electron chi connectivity index (χ2n) is 8.06. The maximum atomic E-state index is 13.0. The maximum absolute atomic E-state index is 13.0. The first-order valence-corrected chi connectivity index (χ1v) is 12.0. The molecule has 172 valence electrons. The average molecular weight is 543 g/mol. The lowest BCUT2D eigenvalue weighted by molar-refractivity contribution is 0.0979. The van der Waals surface area contributed by atoms with Gasteiger partial charge in [0, 0.05) is 21.1 Å². The molecule has 0 aliphatic carbocycles. The van der Waals surface area contributed by atoms with Crippen molar-refractivity contribution in [3.8, 4) is 11.1 Å². The number of hydrogen-bond acceptors (Lipinski definition) is 4. The molecule has 0 radical (unpaired) electrons. The van der Waals surface area contributed by atoms with Crippen LogP contribution in [0.2, 0.25) is 0 Å². The molecule has 5 aromatic rings. The molecule has 0 fully saturated rings. The van der Waals surface area contributed by atoms with E-state index in [1.54, 1.807) is 12.1 Å². The number of nitrogens with one attached hydrogen (secondary N) is 2. The largest absolute Gasteiger partial charge is 0.422 e. The zero-order valence-corrected chi connectivity index (χ0v) is 21.0. The number of rotatable bonds is 3. The molecule has 1 heterocycles. The summed E-state index contributed by atoms with van der Waals surface area (Å²) in [5.74, 6) is -0.310. The minimum atomic E-state index is -0.420. The van der Waals surface area contributed by atoms with Crippen molar-refractivity contribution in [1.82, 2.24) is 5.32 Å². The van der Waals surface area contributed by atoms with Crippen LogP contribution in [0.15, 0.2) is 98.6 Å². The minimum Gasteiger partial charge on any atom is -0.422 e. The SMILES string of the molecule is Cc1ccc(-c2cc3ccccc3oc2=O)cc1NC(=S)NC(=O)c1cccc2c(Br)cccc12. The van der Waals surface area contributed by atoms with Crippen LogP contribution in [0.4, 0.5) is 5.69 Å². The summed E-state index contributed by atoms with van der Waals surface area (Å²) >= 11 is 8.97. The highest BCUT2D eigenvalue weighted by Gasteiger charge is 2.14. The summed E-state index contributed by atoms with van der Waals surface area (Å²) in [5, 5.41) is 8.62. The van der Waals surface area contributed by atoms with Gasteiger partial charge >= 0.3 is 5.63 Å². The lowest BCUT2D eigenvalue weighted by Crippen LogP contribution is -2.34. The molecule has 0 saturated carbocycles. The lowest BCUT2D eigenvalue weighted by Gasteiger charge is -2.14. The number of aryl methyl sites for hydroxylation is 1. The molecule has 7 heteroatoms. The Morgan fingerprint density at radius 3 is 2.54 bits per heavy atom. The Morgan fingerprint density at radius 2 is 1.69 bits per heavy atom. The number of halogens is 1. The third kappa shape index (κ3) is 4.60. The van der Waals surface area contributed by atoms with Gasteiger partial charge in [-0.15, -0.1) is 0 Å². The smallest absolute Gasteiger partial charge is 0.344 e. The molecule has 0 spiro atoms. The van der Waals surface area contributed by atoms with Crippen molar-refractivity contribution in [3.63, 3.8) is 0 Å². The Labute approximate surface area is 214 Å². The number of benzene rings is 4. The molecule has 5 rings (SSSR count). The molecule has 0 bridgehead atoms. The maximum Gasteiger partial charge on any atom is 0.344 e. The molecule has 1 aromatic heterocycles. The van der Waals surface area contributed by atoms with E-state index in [1.165, 1.54) is 0 Å². The van der Waals surface area contributed by atoms with Crippen molar-refractivity contribution in [2.75, 3.05) is 5.32 Å². The first-order chi connectivity index (χ1) is 16.9. The van der Waals surface area contributed by atoms with Gasteiger partial charge in [0.1, 0.15) is 5.58 Å². The molecule has 0 atom stereocenters. The molecule has 0 saturated heterocycles. The molecule has 0 unspecified atom stereocenters. The van der Waals surface area contributed by atoms with Crippen LogP contribution in [0, 0.1) is 6.92 Å². The zero-order chi connectivity index (χ0) is 24.5. The fourth-order valence-electron chi connectivity index (χ4n) is 3.98. The Bertz CT molecular complexity index is 1690. The lowest BCUT2D eigenvalue weighted by atomic mass is 10.0. The van der Waals surface area contributed by atoms with Crippen molar-refractivity contribution in [2.45, 2.75) is 6.92 Å². The van der Waals surface area contributed by atoms with Gasteiger partial charge in [-0.3, -0.25) is 10.1 Å². The topological polar surface area (TPSA) is 71.3 Å². The van der Waals surface area contributed by atoms with Crippen LogP contribution < -0.4 is 16.3 Å². The van der Waals surface area contributed by atoms with Crippen LogP contribution in [0.1, 0.15) is 15.9 Å². The van der Waals surface area contributed by atoms with Crippen LogP contribution in [0.5, 0.6) is 0 Å². The summed E-state index contributed by atoms with van der Waals surface area (Å²) in [5.41, 5.74) is 3.36. The number of fused-ring (bicyclic) bond motifs is 2. The number of carbonyl (C=O) groups excluding carboxylic acids is 1. The molecule has 35 heavy (non-hydrogen) atoms. The summed E-state index contributed by atoms with van der Waals surface area (Å²) in [6.07, 6.45) is 0. The Kier molecular flexibility index (Phi) is 6.19. The summed E-state index contributed by atoms with van der Waals surface area (Å²) in [7, 11) is 0.